The topological polar surface area (TPSA) is 73.8 Å². The highest BCUT2D eigenvalue weighted by Gasteiger charge is 2.25. The van der Waals surface area contributed by atoms with E-state index in [1.165, 1.54) is 5.56 Å². The summed E-state index contributed by atoms with van der Waals surface area (Å²) in [5.41, 5.74) is 2.09. The number of halogens is 1. The third-order valence-corrected chi connectivity index (χ3v) is 7.28. The number of aliphatic imine (C=N–C) groups is 1. The molecule has 2 heterocycles. The highest BCUT2D eigenvalue weighted by atomic mass is 127. The average Bonchev–Trinajstić information content (AvgIpc) is 3.24. The quantitative estimate of drug-likeness (QED) is 0.314. The number of nitrogens with one attached hydrogen (secondary N) is 2. The number of guanidine groups is 1. The first-order valence-corrected chi connectivity index (χ1v) is 12.1. The van der Waals surface area contributed by atoms with Crippen LogP contribution in [0.2, 0.25) is 0 Å². The van der Waals surface area contributed by atoms with E-state index in [4.69, 9.17) is 0 Å². The summed E-state index contributed by atoms with van der Waals surface area (Å²) in [6.07, 6.45) is 2.98. The zero-order valence-corrected chi connectivity index (χ0v) is 20.6. The van der Waals surface area contributed by atoms with Crippen LogP contribution < -0.4 is 10.6 Å². The molecule has 1 aliphatic heterocycles. The lowest BCUT2D eigenvalue weighted by atomic mass is 10.2. The monoisotopic (exact) mass is 548 g/mol. The summed E-state index contributed by atoms with van der Waals surface area (Å²) in [4.78, 5) is 4.96. The molecule has 0 saturated carbocycles. The lowest BCUT2D eigenvalue weighted by Crippen LogP contribution is -2.37. The van der Waals surface area contributed by atoms with E-state index < -0.39 is 10.0 Å². The Labute approximate surface area is 194 Å². The van der Waals surface area contributed by atoms with Crippen LogP contribution in [-0.2, 0) is 23.1 Å². The molecule has 1 fully saturated rings. The van der Waals surface area contributed by atoms with Gasteiger partial charge in [0.15, 0.2) is 5.96 Å². The first-order chi connectivity index (χ1) is 13.6. The maximum atomic E-state index is 12.9. The minimum Gasteiger partial charge on any atom is -0.357 e. The number of thiophene rings is 1. The van der Waals surface area contributed by atoms with Gasteiger partial charge in [-0.3, -0.25) is 0 Å². The maximum absolute atomic E-state index is 12.9. The molecule has 1 saturated heterocycles. The lowest BCUT2D eigenvalue weighted by molar-refractivity contribution is 0.346. The Kier molecular flexibility index (Phi) is 9.87. The van der Waals surface area contributed by atoms with E-state index in [0.29, 0.717) is 31.1 Å². The van der Waals surface area contributed by atoms with Crippen LogP contribution in [0.25, 0.3) is 0 Å². The Bertz CT molecular complexity index is 880. The Morgan fingerprint density at radius 1 is 1.14 bits per heavy atom. The van der Waals surface area contributed by atoms with Gasteiger partial charge in [0.05, 0.1) is 11.4 Å². The zero-order valence-electron chi connectivity index (χ0n) is 16.6. The maximum Gasteiger partial charge on any atom is 0.243 e. The van der Waals surface area contributed by atoms with Gasteiger partial charge in [0, 0.05) is 26.2 Å². The highest BCUT2D eigenvalue weighted by Crippen LogP contribution is 2.21. The van der Waals surface area contributed by atoms with Crippen LogP contribution in [0, 0.1) is 0 Å². The van der Waals surface area contributed by atoms with Crippen LogP contribution in [0.15, 0.2) is 51.0 Å². The van der Waals surface area contributed by atoms with Crippen molar-refractivity contribution in [2.75, 3.05) is 19.6 Å². The molecule has 29 heavy (non-hydrogen) atoms. The van der Waals surface area contributed by atoms with Crippen LogP contribution >= 0.6 is 35.3 Å². The van der Waals surface area contributed by atoms with Gasteiger partial charge in [-0.2, -0.15) is 15.6 Å². The first kappa shape index (κ1) is 24.1. The second kappa shape index (κ2) is 11.9. The summed E-state index contributed by atoms with van der Waals surface area (Å²) in [5, 5.41) is 10.6. The van der Waals surface area contributed by atoms with Gasteiger partial charge in [0.1, 0.15) is 0 Å². The molecule has 6 nitrogen and oxygen atoms in total. The summed E-state index contributed by atoms with van der Waals surface area (Å²) in [5.74, 6) is 0.720. The van der Waals surface area contributed by atoms with E-state index in [9.17, 15) is 8.42 Å². The van der Waals surface area contributed by atoms with Crippen LogP contribution in [-0.4, -0.2) is 38.3 Å². The van der Waals surface area contributed by atoms with Crippen molar-refractivity contribution in [2.45, 2.75) is 44.2 Å². The number of nitrogens with zero attached hydrogens (tertiary/aromatic N) is 2. The standard InChI is InChI=1S/C20H28N4O2S2.HI/c1-2-21-20(23-15-18-9-12-27-16-18)22-14-17-7-6-8-19(13-17)28(25,26)24-10-4-3-5-11-24;/h6-9,12-13,16H,2-5,10-11,14-15H2,1H3,(H2,21,22,23);1H. The zero-order chi connectivity index (χ0) is 19.8. The Morgan fingerprint density at radius 3 is 2.62 bits per heavy atom. The number of hydrogen-bond acceptors (Lipinski definition) is 4. The molecule has 0 amide bonds. The number of hydrogen-bond donors (Lipinski definition) is 2. The summed E-state index contributed by atoms with van der Waals surface area (Å²) < 4.78 is 27.4. The van der Waals surface area contributed by atoms with Crippen molar-refractivity contribution in [1.29, 1.82) is 0 Å². The predicted molar refractivity (Wildman–Crippen MR) is 130 cm³/mol. The second-order valence-electron chi connectivity index (χ2n) is 6.79. The smallest absolute Gasteiger partial charge is 0.243 e. The minimum absolute atomic E-state index is 0. The van der Waals surface area contributed by atoms with Crippen molar-refractivity contribution in [1.82, 2.24) is 14.9 Å². The molecule has 1 aliphatic rings. The molecule has 0 bridgehead atoms. The summed E-state index contributed by atoms with van der Waals surface area (Å²) in [6, 6.07) is 9.25. The Morgan fingerprint density at radius 2 is 1.93 bits per heavy atom. The molecule has 1 aromatic heterocycles. The van der Waals surface area contributed by atoms with E-state index in [1.807, 2.05) is 24.4 Å². The number of benzene rings is 1. The largest absolute Gasteiger partial charge is 0.357 e. The first-order valence-electron chi connectivity index (χ1n) is 9.72. The lowest BCUT2D eigenvalue weighted by Gasteiger charge is -2.26. The summed E-state index contributed by atoms with van der Waals surface area (Å²) in [7, 11) is -3.41. The van der Waals surface area contributed by atoms with Crippen LogP contribution in [0.3, 0.4) is 0 Å². The van der Waals surface area contributed by atoms with E-state index in [0.717, 1.165) is 37.3 Å². The fourth-order valence-corrected chi connectivity index (χ4v) is 5.40. The molecule has 0 unspecified atom stereocenters. The van der Waals surface area contributed by atoms with Crippen molar-refractivity contribution in [3.05, 3.63) is 52.2 Å². The number of piperidine rings is 1. The molecule has 9 heteroatoms. The van der Waals surface area contributed by atoms with Gasteiger partial charge in [-0.25, -0.2) is 13.4 Å². The molecule has 0 spiro atoms. The SMILES string of the molecule is CCNC(=NCc1ccsc1)NCc1cccc(S(=O)(=O)N2CCCCC2)c1.I. The van der Waals surface area contributed by atoms with Gasteiger partial charge < -0.3 is 10.6 Å². The average molecular weight is 549 g/mol. The molecular formula is C20H29IN4O2S2. The van der Waals surface area contributed by atoms with Crippen LogP contribution in [0.1, 0.15) is 37.3 Å². The third-order valence-electron chi connectivity index (χ3n) is 4.66. The molecule has 0 radical (unpaired) electrons. The fourth-order valence-electron chi connectivity index (χ4n) is 3.15. The molecule has 0 aliphatic carbocycles. The molecule has 1 aromatic carbocycles. The van der Waals surface area contributed by atoms with Crippen molar-refractivity contribution in [3.63, 3.8) is 0 Å². The summed E-state index contributed by atoms with van der Waals surface area (Å²) in [6.45, 7) is 5.14. The van der Waals surface area contributed by atoms with E-state index in [-0.39, 0.29) is 24.0 Å². The van der Waals surface area contributed by atoms with Gasteiger partial charge in [-0.1, -0.05) is 18.6 Å². The van der Waals surface area contributed by atoms with E-state index in [2.05, 4.69) is 27.1 Å². The van der Waals surface area contributed by atoms with Crippen LogP contribution in [0.5, 0.6) is 0 Å². The molecular weight excluding hydrogens is 519 g/mol. The normalized spacial score (nSPS) is 15.6. The van der Waals surface area contributed by atoms with Gasteiger partial charge in [-0.05, 0) is 59.9 Å². The molecule has 0 atom stereocenters. The minimum atomic E-state index is -3.41. The molecule has 2 N–H and O–H groups in total. The molecule has 2 aromatic rings. The Balaban J connectivity index is 0.00000300. The van der Waals surface area contributed by atoms with Crippen molar-refractivity contribution in [3.8, 4) is 0 Å². The van der Waals surface area contributed by atoms with Gasteiger partial charge in [0.2, 0.25) is 10.0 Å². The van der Waals surface area contributed by atoms with Gasteiger partial charge >= 0.3 is 0 Å². The Hall–Kier alpha value is -1.17. The van der Waals surface area contributed by atoms with E-state index >= 15 is 0 Å². The predicted octanol–water partition coefficient (Wildman–Crippen LogP) is 3.80. The summed E-state index contributed by atoms with van der Waals surface area (Å²) >= 11 is 1.66. The number of rotatable bonds is 7. The highest BCUT2D eigenvalue weighted by molar-refractivity contribution is 14.0. The number of sulfonamides is 1. The molecule has 160 valence electrons. The third kappa shape index (κ3) is 6.94. The van der Waals surface area contributed by atoms with Gasteiger partial charge in [0.25, 0.3) is 0 Å². The molecule has 3 rings (SSSR count). The second-order valence-corrected chi connectivity index (χ2v) is 9.51. The van der Waals surface area contributed by atoms with Crippen molar-refractivity contribution >= 4 is 51.3 Å². The van der Waals surface area contributed by atoms with E-state index in [1.54, 1.807) is 27.8 Å². The van der Waals surface area contributed by atoms with Crippen LogP contribution in [0.4, 0.5) is 0 Å². The van der Waals surface area contributed by atoms with Crippen molar-refractivity contribution < 1.29 is 8.42 Å². The van der Waals surface area contributed by atoms with Gasteiger partial charge in [-0.15, -0.1) is 24.0 Å². The fraction of sp³-hybridized carbons (Fsp3) is 0.450. The van der Waals surface area contributed by atoms with Crippen molar-refractivity contribution in [2.24, 2.45) is 4.99 Å².